The number of halogens is 2. The molecule has 0 aliphatic carbocycles. The summed E-state index contributed by atoms with van der Waals surface area (Å²) in [5.74, 6) is 0. The Bertz CT molecular complexity index is 433. The Labute approximate surface area is 88.3 Å². The summed E-state index contributed by atoms with van der Waals surface area (Å²) in [5, 5.41) is 4.21. The van der Waals surface area contributed by atoms with Crippen LogP contribution in [0.25, 0.3) is 10.1 Å². The van der Waals surface area contributed by atoms with Gasteiger partial charge in [-0.1, -0.05) is 27.5 Å². The van der Waals surface area contributed by atoms with Crippen LogP contribution in [0.4, 0.5) is 0 Å². The number of thiophene rings is 1. The summed E-state index contributed by atoms with van der Waals surface area (Å²) in [6, 6.07) is 3.91. The van der Waals surface area contributed by atoms with Crippen LogP contribution in [0.3, 0.4) is 0 Å². The molecule has 1 aromatic heterocycles. The summed E-state index contributed by atoms with van der Waals surface area (Å²) in [6.07, 6.45) is 0. The minimum atomic E-state index is 0.839. The molecular formula is C9H6BrClS. The summed E-state index contributed by atoms with van der Waals surface area (Å²) < 4.78 is 2.30. The molecule has 1 heterocycles. The third-order valence-corrected chi connectivity index (χ3v) is 4.03. The van der Waals surface area contributed by atoms with Crippen LogP contribution in [0.15, 0.2) is 22.0 Å². The zero-order valence-corrected chi connectivity index (χ0v) is 9.55. The number of hydrogen-bond donors (Lipinski definition) is 0. The van der Waals surface area contributed by atoms with Crippen LogP contribution in [-0.2, 0) is 0 Å². The van der Waals surface area contributed by atoms with Gasteiger partial charge >= 0.3 is 0 Å². The van der Waals surface area contributed by atoms with E-state index < -0.39 is 0 Å². The van der Waals surface area contributed by atoms with Gasteiger partial charge < -0.3 is 0 Å². The number of benzene rings is 1. The van der Waals surface area contributed by atoms with E-state index in [2.05, 4.69) is 28.2 Å². The van der Waals surface area contributed by atoms with Crippen LogP contribution in [0.5, 0.6) is 0 Å². The minimum Gasteiger partial charge on any atom is -0.142 e. The third kappa shape index (κ3) is 1.18. The van der Waals surface area contributed by atoms with Gasteiger partial charge in [0, 0.05) is 9.86 Å². The molecule has 0 unspecified atom stereocenters. The average molecular weight is 262 g/mol. The third-order valence-electron chi connectivity index (χ3n) is 1.81. The van der Waals surface area contributed by atoms with E-state index in [0.717, 1.165) is 9.50 Å². The highest BCUT2D eigenvalue weighted by Gasteiger charge is 2.06. The van der Waals surface area contributed by atoms with E-state index in [9.17, 15) is 0 Å². The lowest BCUT2D eigenvalue weighted by molar-refractivity contribution is 1.58. The Hall–Kier alpha value is -0.0500. The maximum atomic E-state index is 6.03. The van der Waals surface area contributed by atoms with E-state index >= 15 is 0 Å². The number of fused-ring (bicyclic) bond motifs is 1. The number of aryl methyl sites for hydroxylation is 1. The smallest absolute Gasteiger partial charge is 0.0585 e. The predicted molar refractivity (Wildman–Crippen MR) is 59.3 cm³/mol. The van der Waals surface area contributed by atoms with Gasteiger partial charge in [-0.15, -0.1) is 11.3 Å². The fourth-order valence-corrected chi connectivity index (χ4v) is 3.27. The molecule has 0 amide bonds. The molecule has 62 valence electrons. The van der Waals surface area contributed by atoms with Crippen molar-refractivity contribution in [1.29, 1.82) is 0 Å². The number of rotatable bonds is 0. The van der Waals surface area contributed by atoms with Crippen molar-refractivity contribution in [3.05, 3.63) is 32.6 Å². The lowest BCUT2D eigenvalue weighted by Crippen LogP contribution is -1.71. The molecule has 0 saturated carbocycles. The highest BCUT2D eigenvalue weighted by atomic mass is 79.9. The van der Waals surface area contributed by atoms with Crippen LogP contribution in [0.1, 0.15) is 5.56 Å². The molecule has 12 heavy (non-hydrogen) atoms. The highest BCUT2D eigenvalue weighted by Crippen LogP contribution is 2.36. The SMILES string of the molecule is Cc1csc2c(Cl)ccc(Br)c12. The van der Waals surface area contributed by atoms with Crippen molar-refractivity contribution < 1.29 is 0 Å². The van der Waals surface area contributed by atoms with Crippen LogP contribution in [0, 0.1) is 6.92 Å². The molecule has 0 bridgehead atoms. The molecule has 0 atom stereocenters. The molecule has 2 rings (SSSR count). The van der Waals surface area contributed by atoms with Gasteiger partial charge in [0.15, 0.2) is 0 Å². The molecule has 0 aliphatic heterocycles. The lowest BCUT2D eigenvalue weighted by Gasteiger charge is -1.97. The van der Waals surface area contributed by atoms with Crippen molar-refractivity contribution in [2.24, 2.45) is 0 Å². The maximum Gasteiger partial charge on any atom is 0.0585 e. The van der Waals surface area contributed by atoms with Crippen molar-refractivity contribution in [2.75, 3.05) is 0 Å². The Balaban J connectivity index is 2.98. The Morgan fingerprint density at radius 2 is 2.17 bits per heavy atom. The van der Waals surface area contributed by atoms with Crippen molar-refractivity contribution in [1.82, 2.24) is 0 Å². The molecule has 0 aliphatic rings. The van der Waals surface area contributed by atoms with E-state index in [1.807, 2.05) is 12.1 Å². The molecular weight excluding hydrogens is 256 g/mol. The molecule has 0 fully saturated rings. The molecule has 0 radical (unpaired) electrons. The van der Waals surface area contributed by atoms with Crippen molar-refractivity contribution in [3.8, 4) is 0 Å². The molecule has 2 aromatic rings. The molecule has 3 heteroatoms. The van der Waals surface area contributed by atoms with Gasteiger partial charge in [0.25, 0.3) is 0 Å². The number of hydrogen-bond acceptors (Lipinski definition) is 1. The molecule has 0 N–H and O–H groups in total. The van der Waals surface area contributed by atoms with Gasteiger partial charge in [0.2, 0.25) is 0 Å². The topological polar surface area (TPSA) is 0 Å². The van der Waals surface area contributed by atoms with Crippen molar-refractivity contribution in [3.63, 3.8) is 0 Å². The average Bonchev–Trinajstić information content (AvgIpc) is 2.42. The maximum absolute atomic E-state index is 6.03. The summed E-state index contributed by atoms with van der Waals surface area (Å²) in [5.41, 5.74) is 1.28. The normalized spacial score (nSPS) is 10.9. The van der Waals surface area contributed by atoms with Gasteiger partial charge in [-0.05, 0) is 30.0 Å². The van der Waals surface area contributed by atoms with E-state index in [4.69, 9.17) is 11.6 Å². The van der Waals surface area contributed by atoms with Crippen molar-refractivity contribution >= 4 is 49.0 Å². The molecule has 0 nitrogen and oxygen atoms in total. The summed E-state index contributed by atoms with van der Waals surface area (Å²) in [6.45, 7) is 2.10. The van der Waals surface area contributed by atoms with Crippen molar-refractivity contribution in [2.45, 2.75) is 6.92 Å². The second kappa shape index (κ2) is 3.02. The quantitative estimate of drug-likeness (QED) is 0.649. The zero-order chi connectivity index (χ0) is 8.72. The van der Waals surface area contributed by atoms with Crippen LogP contribution < -0.4 is 0 Å². The van der Waals surface area contributed by atoms with Crippen LogP contribution in [-0.4, -0.2) is 0 Å². The minimum absolute atomic E-state index is 0.839. The van der Waals surface area contributed by atoms with Gasteiger partial charge in [-0.3, -0.25) is 0 Å². The van der Waals surface area contributed by atoms with Gasteiger partial charge in [-0.2, -0.15) is 0 Å². The summed E-state index contributed by atoms with van der Waals surface area (Å²) >= 11 is 11.2. The van der Waals surface area contributed by atoms with Gasteiger partial charge in [-0.25, -0.2) is 0 Å². The summed E-state index contributed by atoms with van der Waals surface area (Å²) in [4.78, 5) is 0. The monoisotopic (exact) mass is 260 g/mol. The first kappa shape index (κ1) is 8.54. The lowest BCUT2D eigenvalue weighted by atomic mass is 10.2. The second-order valence-corrected chi connectivity index (χ2v) is 4.79. The first-order chi connectivity index (χ1) is 5.70. The summed E-state index contributed by atoms with van der Waals surface area (Å²) in [7, 11) is 0. The fourth-order valence-electron chi connectivity index (χ4n) is 1.22. The Morgan fingerprint density at radius 3 is 2.83 bits per heavy atom. The first-order valence-corrected chi connectivity index (χ1v) is 5.57. The highest BCUT2D eigenvalue weighted by molar-refractivity contribution is 9.10. The van der Waals surface area contributed by atoms with Gasteiger partial charge in [0.1, 0.15) is 0 Å². The van der Waals surface area contributed by atoms with Crippen LogP contribution in [0.2, 0.25) is 5.02 Å². The molecule has 1 aromatic carbocycles. The Morgan fingerprint density at radius 1 is 1.42 bits per heavy atom. The first-order valence-electron chi connectivity index (χ1n) is 3.52. The van der Waals surface area contributed by atoms with E-state index in [0.29, 0.717) is 0 Å². The standard InChI is InChI=1S/C9H6BrClS/c1-5-4-12-9-7(11)3-2-6(10)8(5)9/h2-4H,1H3. The predicted octanol–water partition coefficient (Wildman–Crippen LogP) is 4.63. The van der Waals surface area contributed by atoms with Crippen LogP contribution >= 0.6 is 38.9 Å². The molecule has 0 saturated heterocycles. The largest absolute Gasteiger partial charge is 0.142 e. The fraction of sp³-hybridized carbons (Fsp3) is 0.111. The molecule has 0 spiro atoms. The van der Waals surface area contributed by atoms with E-state index in [1.165, 1.54) is 15.6 Å². The van der Waals surface area contributed by atoms with E-state index in [1.54, 1.807) is 11.3 Å². The van der Waals surface area contributed by atoms with Gasteiger partial charge in [0.05, 0.1) is 9.72 Å². The zero-order valence-electron chi connectivity index (χ0n) is 6.40. The van der Waals surface area contributed by atoms with E-state index in [-0.39, 0.29) is 0 Å². The Kier molecular flexibility index (Phi) is 2.15. The second-order valence-electron chi connectivity index (χ2n) is 2.65.